The minimum absolute atomic E-state index is 0.131. The number of pyridine rings is 1. The molecule has 2 heterocycles. The van der Waals surface area contributed by atoms with Crippen molar-refractivity contribution in [3.8, 4) is 22.8 Å². The van der Waals surface area contributed by atoms with Crippen LogP contribution in [0.2, 0.25) is 0 Å². The second kappa shape index (κ2) is 8.69. The zero-order valence-corrected chi connectivity index (χ0v) is 18.5. The topological polar surface area (TPSA) is 90.0 Å². The van der Waals surface area contributed by atoms with E-state index < -0.39 is 0 Å². The maximum absolute atomic E-state index is 12.5. The normalized spacial score (nSPS) is 10.8. The average molecular weight is 479 g/mol. The molecule has 0 radical (unpaired) electrons. The van der Waals surface area contributed by atoms with Crippen molar-refractivity contribution in [3.63, 3.8) is 0 Å². The zero-order valence-electron chi connectivity index (χ0n) is 16.9. The fraction of sp³-hybridized carbons (Fsp3) is 0.130. The molecule has 0 saturated heterocycles. The molecule has 0 aliphatic rings. The zero-order chi connectivity index (χ0) is 22.0. The van der Waals surface area contributed by atoms with E-state index in [4.69, 9.17) is 4.52 Å². The first-order chi connectivity index (χ1) is 14.9. The lowest BCUT2D eigenvalue weighted by molar-refractivity contribution is -0.116. The van der Waals surface area contributed by atoms with Crippen LogP contribution in [-0.4, -0.2) is 20.6 Å². The van der Waals surface area contributed by atoms with E-state index in [1.165, 1.54) is 10.6 Å². The Balaban J connectivity index is 1.55. The van der Waals surface area contributed by atoms with Gasteiger partial charge >= 0.3 is 0 Å². The molecule has 31 heavy (non-hydrogen) atoms. The van der Waals surface area contributed by atoms with Gasteiger partial charge in [-0.05, 0) is 61.4 Å². The van der Waals surface area contributed by atoms with Gasteiger partial charge < -0.3 is 14.4 Å². The van der Waals surface area contributed by atoms with Gasteiger partial charge in [0.15, 0.2) is 0 Å². The van der Waals surface area contributed by atoms with Crippen LogP contribution in [0, 0.1) is 13.8 Å². The van der Waals surface area contributed by atoms with Crippen molar-refractivity contribution in [3.05, 3.63) is 86.7 Å². The first kappa shape index (κ1) is 20.7. The number of carbonyl (C=O) groups is 1. The highest BCUT2D eigenvalue weighted by molar-refractivity contribution is 9.10. The molecular formula is C23H19BrN4O3. The van der Waals surface area contributed by atoms with Gasteiger partial charge in [0.2, 0.25) is 11.7 Å². The first-order valence-corrected chi connectivity index (χ1v) is 10.4. The summed E-state index contributed by atoms with van der Waals surface area (Å²) in [5.74, 6) is 0.406. The minimum atomic E-state index is -0.299. The number of aromatic nitrogens is 3. The third-order valence-corrected chi connectivity index (χ3v) is 5.27. The first-order valence-electron chi connectivity index (χ1n) is 9.57. The Morgan fingerprint density at radius 1 is 1.06 bits per heavy atom. The van der Waals surface area contributed by atoms with E-state index in [2.05, 4.69) is 31.4 Å². The highest BCUT2D eigenvalue weighted by Crippen LogP contribution is 2.23. The molecule has 0 atom stereocenters. The smallest absolute Gasteiger partial charge is 0.259 e. The molecule has 8 heteroatoms. The van der Waals surface area contributed by atoms with Gasteiger partial charge in [-0.3, -0.25) is 9.59 Å². The van der Waals surface area contributed by atoms with Crippen LogP contribution in [0.4, 0.5) is 5.69 Å². The van der Waals surface area contributed by atoms with Crippen molar-refractivity contribution in [2.75, 3.05) is 5.32 Å². The third kappa shape index (κ3) is 4.80. The molecule has 0 aliphatic heterocycles. The summed E-state index contributed by atoms with van der Waals surface area (Å²) in [5, 5.41) is 6.87. The number of anilines is 1. The highest BCUT2D eigenvalue weighted by atomic mass is 79.9. The van der Waals surface area contributed by atoms with E-state index in [1.54, 1.807) is 12.3 Å². The molecule has 7 nitrogen and oxygen atoms in total. The molecule has 0 spiro atoms. The molecule has 0 unspecified atom stereocenters. The number of carbonyl (C=O) groups excluding carboxylic acids is 1. The molecule has 1 amide bonds. The van der Waals surface area contributed by atoms with Gasteiger partial charge in [0.1, 0.15) is 6.54 Å². The second-order valence-electron chi connectivity index (χ2n) is 7.18. The number of nitrogens with zero attached hydrogens (tertiary/aromatic N) is 3. The lowest BCUT2D eigenvalue weighted by Gasteiger charge is -2.11. The van der Waals surface area contributed by atoms with Gasteiger partial charge in [0, 0.05) is 28.0 Å². The lowest BCUT2D eigenvalue weighted by atomic mass is 10.1. The standard InChI is InChI=1S/C23H19BrN4O3/c1-14-3-4-15(2)19(11-14)25-20(29)13-28-12-17(7-10-21(28)30)23-26-22(27-31-23)16-5-8-18(24)9-6-16/h3-12H,13H2,1-2H3,(H,25,29). The summed E-state index contributed by atoms with van der Waals surface area (Å²) in [6.45, 7) is 3.74. The lowest BCUT2D eigenvalue weighted by Crippen LogP contribution is -2.27. The van der Waals surface area contributed by atoms with Crippen LogP contribution in [0.3, 0.4) is 0 Å². The monoisotopic (exact) mass is 478 g/mol. The van der Waals surface area contributed by atoms with Gasteiger partial charge in [-0.1, -0.05) is 33.2 Å². The SMILES string of the molecule is Cc1ccc(C)c(NC(=O)Cn2cc(-c3nc(-c4ccc(Br)cc4)no3)ccc2=O)c1. The second-order valence-corrected chi connectivity index (χ2v) is 8.10. The summed E-state index contributed by atoms with van der Waals surface area (Å²) in [4.78, 5) is 29.2. The van der Waals surface area contributed by atoms with Crippen molar-refractivity contribution < 1.29 is 9.32 Å². The van der Waals surface area contributed by atoms with E-state index >= 15 is 0 Å². The predicted molar refractivity (Wildman–Crippen MR) is 122 cm³/mol. The average Bonchev–Trinajstić information content (AvgIpc) is 3.23. The van der Waals surface area contributed by atoms with Crippen LogP contribution in [0.5, 0.6) is 0 Å². The predicted octanol–water partition coefficient (Wildman–Crippen LogP) is 4.58. The van der Waals surface area contributed by atoms with Crippen molar-refractivity contribution in [2.24, 2.45) is 0 Å². The summed E-state index contributed by atoms with van der Waals surface area (Å²) in [5.41, 5.74) is 3.77. The Hall–Kier alpha value is -3.52. The van der Waals surface area contributed by atoms with E-state index in [0.717, 1.165) is 26.9 Å². The van der Waals surface area contributed by atoms with Crippen LogP contribution >= 0.6 is 15.9 Å². The Kier molecular flexibility index (Phi) is 5.81. The van der Waals surface area contributed by atoms with Gasteiger partial charge in [0.05, 0.1) is 5.56 Å². The molecular weight excluding hydrogens is 460 g/mol. The van der Waals surface area contributed by atoms with Crippen LogP contribution < -0.4 is 10.9 Å². The molecule has 0 aliphatic carbocycles. The summed E-state index contributed by atoms with van der Waals surface area (Å²) >= 11 is 3.39. The van der Waals surface area contributed by atoms with Crippen LogP contribution in [0.25, 0.3) is 22.8 Å². The summed E-state index contributed by atoms with van der Waals surface area (Å²) in [7, 11) is 0. The molecule has 0 fully saturated rings. The molecule has 156 valence electrons. The van der Waals surface area contributed by atoms with Gasteiger partial charge in [-0.25, -0.2) is 0 Å². The molecule has 2 aromatic heterocycles. The Labute approximate surface area is 186 Å². The maximum atomic E-state index is 12.5. The molecule has 0 bridgehead atoms. The molecule has 4 aromatic rings. The third-order valence-electron chi connectivity index (χ3n) is 4.74. The van der Waals surface area contributed by atoms with Crippen molar-refractivity contribution in [1.29, 1.82) is 0 Å². The number of hydrogen-bond acceptors (Lipinski definition) is 5. The van der Waals surface area contributed by atoms with Crippen LogP contribution in [0.1, 0.15) is 11.1 Å². The largest absolute Gasteiger partial charge is 0.334 e. The van der Waals surface area contributed by atoms with Gasteiger partial charge in [0.25, 0.3) is 11.4 Å². The van der Waals surface area contributed by atoms with Crippen molar-refractivity contribution in [1.82, 2.24) is 14.7 Å². The van der Waals surface area contributed by atoms with Crippen molar-refractivity contribution >= 4 is 27.5 Å². The number of rotatable bonds is 5. The van der Waals surface area contributed by atoms with Crippen LogP contribution in [0.15, 0.2) is 74.6 Å². The summed E-state index contributed by atoms with van der Waals surface area (Å²) in [6, 6.07) is 16.3. The van der Waals surface area contributed by atoms with Gasteiger partial charge in [-0.15, -0.1) is 0 Å². The fourth-order valence-corrected chi connectivity index (χ4v) is 3.32. The van der Waals surface area contributed by atoms with E-state index in [1.807, 2.05) is 56.3 Å². The van der Waals surface area contributed by atoms with E-state index in [-0.39, 0.29) is 23.9 Å². The quantitative estimate of drug-likeness (QED) is 0.453. The number of amides is 1. The number of hydrogen-bond donors (Lipinski definition) is 1. The van der Waals surface area contributed by atoms with E-state index in [9.17, 15) is 9.59 Å². The van der Waals surface area contributed by atoms with Crippen molar-refractivity contribution in [2.45, 2.75) is 20.4 Å². The highest BCUT2D eigenvalue weighted by Gasteiger charge is 2.13. The Morgan fingerprint density at radius 3 is 2.58 bits per heavy atom. The van der Waals surface area contributed by atoms with E-state index in [0.29, 0.717) is 11.4 Å². The Bertz CT molecular complexity index is 1310. The number of halogens is 1. The van der Waals surface area contributed by atoms with Gasteiger partial charge in [-0.2, -0.15) is 4.98 Å². The number of aryl methyl sites for hydroxylation is 2. The summed E-state index contributed by atoms with van der Waals surface area (Å²) in [6.07, 6.45) is 1.55. The molecule has 2 aromatic carbocycles. The minimum Gasteiger partial charge on any atom is -0.334 e. The Morgan fingerprint density at radius 2 is 1.81 bits per heavy atom. The fourth-order valence-electron chi connectivity index (χ4n) is 3.05. The summed E-state index contributed by atoms with van der Waals surface area (Å²) < 4.78 is 7.64. The molecule has 1 N–H and O–H groups in total. The van der Waals surface area contributed by atoms with Crippen LogP contribution in [-0.2, 0) is 11.3 Å². The molecule has 0 saturated carbocycles. The number of benzene rings is 2. The molecule has 4 rings (SSSR count). The maximum Gasteiger partial charge on any atom is 0.259 e. The number of nitrogens with one attached hydrogen (secondary N) is 1.